The fourth-order valence-electron chi connectivity index (χ4n) is 1.67. The number of ether oxygens (including phenoxy) is 1. The van der Waals surface area contributed by atoms with Crippen molar-refractivity contribution < 1.29 is 24.2 Å². The quantitative estimate of drug-likeness (QED) is 0.559. The van der Waals surface area contributed by atoms with Crippen molar-refractivity contribution in [2.75, 3.05) is 19.7 Å². The molecule has 2 rings (SSSR count). The number of carboxylic acid groups (broad SMARTS) is 1. The molecular weight excluding hydrogens is 314 g/mol. The molecule has 0 heterocycles. The lowest BCUT2D eigenvalue weighted by Crippen LogP contribution is -2.37. The summed E-state index contributed by atoms with van der Waals surface area (Å²) >= 11 is 0. The molecule has 0 aliphatic heterocycles. The van der Waals surface area contributed by atoms with Crippen LogP contribution in [-0.2, 0) is 9.59 Å². The number of benzene rings is 1. The van der Waals surface area contributed by atoms with Gasteiger partial charge in [0.2, 0.25) is 5.91 Å². The second kappa shape index (κ2) is 10.2. The van der Waals surface area contributed by atoms with Gasteiger partial charge in [-0.05, 0) is 31.0 Å². The van der Waals surface area contributed by atoms with E-state index in [0.29, 0.717) is 30.5 Å². The number of hydrogen-bond acceptors (Lipinski definition) is 5. The Morgan fingerprint density at radius 1 is 1.33 bits per heavy atom. The average molecular weight is 337 g/mol. The number of carbonyl (C=O) groups excluding carboxylic acids is 2. The van der Waals surface area contributed by atoms with Crippen LogP contribution in [0.3, 0.4) is 0 Å². The molecule has 0 bridgehead atoms. The molecule has 8 nitrogen and oxygen atoms in total. The predicted molar refractivity (Wildman–Crippen MR) is 87.8 cm³/mol. The Balaban J connectivity index is 0.000000648. The first-order valence-electron chi connectivity index (χ1n) is 7.62. The van der Waals surface area contributed by atoms with Crippen molar-refractivity contribution in [1.82, 2.24) is 10.6 Å². The third kappa shape index (κ3) is 8.74. The minimum Gasteiger partial charge on any atom is -0.492 e. The molecule has 0 unspecified atom stereocenters. The van der Waals surface area contributed by atoms with Crippen molar-refractivity contribution in [3.63, 3.8) is 0 Å². The van der Waals surface area contributed by atoms with Gasteiger partial charge in [0.15, 0.2) is 0 Å². The van der Waals surface area contributed by atoms with E-state index in [4.69, 9.17) is 20.4 Å². The Kier molecular flexibility index (Phi) is 8.28. The van der Waals surface area contributed by atoms with Gasteiger partial charge in [0.25, 0.3) is 11.9 Å². The van der Waals surface area contributed by atoms with Crippen LogP contribution in [0.25, 0.3) is 0 Å². The minimum atomic E-state index is -0.833. The van der Waals surface area contributed by atoms with E-state index in [-0.39, 0.29) is 18.4 Å². The molecule has 24 heavy (non-hydrogen) atoms. The molecule has 2 amide bonds. The normalized spacial score (nSPS) is 12.4. The van der Waals surface area contributed by atoms with Gasteiger partial charge >= 0.3 is 0 Å². The van der Waals surface area contributed by atoms with Crippen LogP contribution in [-0.4, -0.2) is 48.6 Å². The number of nitrogens with one attached hydrogen (secondary N) is 2. The van der Waals surface area contributed by atoms with Gasteiger partial charge in [-0.2, -0.15) is 0 Å². The molecule has 0 saturated heterocycles. The van der Waals surface area contributed by atoms with Crippen LogP contribution < -0.4 is 21.1 Å². The van der Waals surface area contributed by atoms with E-state index in [1.807, 2.05) is 0 Å². The summed E-state index contributed by atoms with van der Waals surface area (Å²) in [5.74, 6) is -0.698. The molecule has 0 spiro atoms. The topological polar surface area (TPSA) is 131 Å². The molecule has 1 aromatic carbocycles. The fraction of sp³-hybridized carbons (Fsp3) is 0.438. The molecule has 1 saturated carbocycles. The highest BCUT2D eigenvalue weighted by Crippen LogP contribution is 2.18. The zero-order chi connectivity index (χ0) is 17.9. The zero-order valence-electron chi connectivity index (χ0n) is 13.6. The third-order valence-corrected chi connectivity index (χ3v) is 2.83. The van der Waals surface area contributed by atoms with Crippen molar-refractivity contribution in [2.45, 2.75) is 25.8 Å². The summed E-state index contributed by atoms with van der Waals surface area (Å²) in [5, 5.41) is 12.8. The first-order chi connectivity index (χ1) is 11.4. The van der Waals surface area contributed by atoms with E-state index in [9.17, 15) is 9.59 Å². The maximum absolute atomic E-state index is 11.9. The second-order valence-electron chi connectivity index (χ2n) is 5.21. The number of carboxylic acids is 1. The van der Waals surface area contributed by atoms with Gasteiger partial charge in [0.05, 0.1) is 6.54 Å². The number of rotatable bonds is 7. The number of aliphatic carboxylic acids is 1. The van der Waals surface area contributed by atoms with E-state index < -0.39 is 5.97 Å². The lowest BCUT2D eigenvalue weighted by molar-refractivity contribution is -0.134. The van der Waals surface area contributed by atoms with Crippen molar-refractivity contribution in [1.29, 1.82) is 0 Å². The largest absolute Gasteiger partial charge is 0.492 e. The Morgan fingerprint density at radius 2 is 2.00 bits per heavy atom. The van der Waals surface area contributed by atoms with Crippen LogP contribution in [0.5, 0.6) is 5.75 Å². The Morgan fingerprint density at radius 3 is 2.58 bits per heavy atom. The van der Waals surface area contributed by atoms with Crippen molar-refractivity contribution in [3.05, 3.63) is 29.8 Å². The van der Waals surface area contributed by atoms with Gasteiger partial charge in [-0.25, -0.2) is 0 Å². The lowest BCUT2D eigenvalue weighted by atomic mass is 10.2. The van der Waals surface area contributed by atoms with Crippen LogP contribution in [0, 0.1) is 0 Å². The van der Waals surface area contributed by atoms with Crippen LogP contribution in [0.2, 0.25) is 0 Å². The van der Waals surface area contributed by atoms with Gasteiger partial charge in [-0.1, -0.05) is 6.07 Å². The van der Waals surface area contributed by atoms with Crippen LogP contribution >= 0.6 is 0 Å². The van der Waals surface area contributed by atoms with E-state index >= 15 is 0 Å². The van der Waals surface area contributed by atoms with Gasteiger partial charge in [-0.15, -0.1) is 0 Å². The first kappa shape index (κ1) is 19.4. The fourth-order valence-corrected chi connectivity index (χ4v) is 1.67. The summed E-state index contributed by atoms with van der Waals surface area (Å²) < 4.78 is 5.35. The first-order valence-corrected chi connectivity index (χ1v) is 7.62. The molecule has 1 aliphatic rings. The van der Waals surface area contributed by atoms with Crippen molar-refractivity contribution in [2.24, 2.45) is 5.73 Å². The molecule has 0 atom stereocenters. The van der Waals surface area contributed by atoms with Crippen LogP contribution in [0.1, 0.15) is 30.1 Å². The minimum absolute atomic E-state index is 0.0107. The number of hydrogen-bond donors (Lipinski definition) is 4. The maximum Gasteiger partial charge on any atom is 0.300 e. The molecule has 1 fully saturated rings. The van der Waals surface area contributed by atoms with E-state index in [1.54, 1.807) is 24.3 Å². The Hall–Kier alpha value is -2.61. The Labute approximate surface area is 140 Å². The van der Waals surface area contributed by atoms with Crippen LogP contribution in [0.15, 0.2) is 24.3 Å². The SMILES string of the molecule is CC(=O)O.NCCOc1cccc(C(=O)NCC(=O)NC2CC2)c1. The summed E-state index contributed by atoms with van der Waals surface area (Å²) in [6, 6.07) is 7.08. The van der Waals surface area contributed by atoms with Crippen molar-refractivity contribution >= 4 is 17.8 Å². The summed E-state index contributed by atoms with van der Waals surface area (Å²) in [6.45, 7) is 1.88. The molecule has 0 radical (unpaired) electrons. The van der Waals surface area contributed by atoms with E-state index in [2.05, 4.69) is 10.6 Å². The molecule has 0 aromatic heterocycles. The third-order valence-electron chi connectivity index (χ3n) is 2.83. The number of amides is 2. The zero-order valence-corrected chi connectivity index (χ0v) is 13.6. The second-order valence-corrected chi connectivity index (χ2v) is 5.21. The highest BCUT2D eigenvalue weighted by molar-refractivity contribution is 5.96. The average Bonchev–Trinajstić information content (AvgIpc) is 3.34. The molecule has 5 N–H and O–H groups in total. The van der Waals surface area contributed by atoms with E-state index in [1.165, 1.54) is 0 Å². The maximum atomic E-state index is 11.9. The van der Waals surface area contributed by atoms with Gasteiger partial charge < -0.3 is 26.2 Å². The summed E-state index contributed by atoms with van der Waals surface area (Å²) in [6.07, 6.45) is 2.06. The molecule has 1 aromatic rings. The monoisotopic (exact) mass is 337 g/mol. The predicted octanol–water partition coefficient (Wildman–Crippen LogP) is 0.123. The molecule has 8 heteroatoms. The van der Waals surface area contributed by atoms with Gasteiger partial charge in [-0.3, -0.25) is 14.4 Å². The van der Waals surface area contributed by atoms with Crippen molar-refractivity contribution in [3.8, 4) is 5.75 Å². The van der Waals surface area contributed by atoms with Gasteiger partial charge in [0.1, 0.15) is 12.4 Å². The van der Waals surface area contributed by atoms with Crippen LogP contribution in [0.4, 0.5) is 0 Å². The number of nitrogens with two attached hydrogens (primary N) is 1. The highest BCUT2D eigenvalue weighted by atomic mass is 16.5. The smallest absolute Gasteiger partial charge is 0.300 e. The highest BCUT2D eigenvalue weighted by Gasteiger charge is 2.23. The molecule has 1 aliphatic carbocycles. The van der Waals surface area contributed by atoms with E-state index in [0.717, 1.165) is 19.8 Å². The number of carbonyl (C=O) groups is 3. The summed E-state index contributed by atoms with van der Waals surface area (Å²) in [7, 11) is 0. The summed E-state index contributed by atoms with van der Waals surface area (Å²) in [4.78, 5) is 32.4. The van der Waals surface area contributed by atoms with Gasteiger partial charge in [0, 0.05) is 25.1 Å². The molecular formula is C16H23N3O5. The summed E-state index contributed by atoms with van der Waals surface area (Å²) in [5.41, 5.74) is 5.81. The standard InChI is InChI=1S/C14H19N3O3.C2H4O2/c15-6-7-20-12-3-1-2-10(8-12)14(19)16-9-13(18)17-11-4-5-11;1-2(3)4/h1-3,8,11H,4-7,9,15H2,(H,16,19)(H,17,18);1H3,(H,3,4). The Bertz CT molecular complexity index is 569. The molecule has 132 valence electrons. The lowest BCUT2D eigenvalue weighted by Gasteiger charge is -2.08.